The lowest BCUT2D eigenvalue weighted by Gasteiger charge is -2.33. The van der Waals surface area contributed by atoms with Gasteiger partial charge >= 0.3 is 0 Å². The predicted octanol–water partition coefficient (Wildman–Crippen LogP) is 2.98. The van der Waals surface area contributed by atoms with Crippen molar-refractivity contribution in [2.45, 2.75) is 12.3 Å². The molecule has 7 heteroatoms. The van der Waals surface area contributed by atoms with Crippen LogP contribution < -0.4 is 0 Å². The third-order valence-corrected chi connectivity index (χ3v) is 4.62. The van der Waals surface area contributed by atoms with Gasteiger partial charge in [-0.2, -0.15) is 0 Å². The van der Waals surface area contributed by atoms with Crippen LogP contribution in [0.3, 0.4) is 0 Å². The molecule has 7 N–H and O–H groups in total. The van der Waals surface area contributed by atoms with Gasteiger partial charge in [0.1, 0.15) is 40.2 Å². The fourth-order valence-electron chi connectivity index (χ4n) is 3.41. The lowest BCUT2D eigenvalue weighted by molar-refractivity contribution is 0.396. The van der Waals surface area contributed by atoms with Crippen molar-refractivity contribution < 1.29 is 35.7 Å². The van der Waals surface area contributed by atoms with Crippen LogP contribution in [0.15, 0.2) is 48.5 Å². The average molecular weight is 370 g/mol. The second-order valence-corrected chi connectivity index (χ2v) is 6.39. The Morgan fingerprint density at radius 1 is 0.519 bits per heavy atom. The summed E-state index contributed by atoms with van der Waals surface area (Å²) in [6.45, 7) is 1.52. The van der Waals surface area contributed by atoms with Gasteiger partial charge in [-0.3, -0.25) is 0 Å². The van der Waals surface area contributed by atoms with Crippen LogP contribution in [0.2, 0.25) is 0 Å². The Kier molecular flexibility index (Phi) is 4.15. The van der Waals surface area contributed by atoms with E-state index >= 15 is 0 Å². The normalized spacial score (nSPS) is 11.4. The topological polar surface area (TPSA) is 142 Å². The predicted molar refractivity (Wildman–Crippen MR) is 96.5 cm³/mol. The minimum Gasteiger partial charge on any atom is -0.508 e. The first-order valence-corrected chi connectivity index (χ1v) is 7.95. The number of benzene rings is 3. The molecule has 0 bridgehead atoms. The highest BCUT2D eigenvalue weighted by molar-refractivity contribution is 5.66. The van der Waals surface area contributed by atoms with E-state index in [9.17, 15) is 35.7 Å². The number of aromatic hydroxyl groups is 7. The molecule has 0 aliphatic carbocycles. The molecule has 140 valence electrons. The molecule has 3 aromatic carbocycles. The standard InChI is InChI=1S/C20H18O7/c1-20(13-4-2-10(21)6-15(13)24,14-5-3-11(22)7-16(14)25)19-17(26)8-12(23)9-18(19)27/h2-9,21-27H,1H3. The Morgan fingerprint density at radius 3 is 1.26 bits per heavy atom. The maximum Gasteiger partial charge on any atom is 0.127 e. The first kappa shape index (κ1) is 18.1. The summed E-state index contributed by atoms with van der Waals surface area (Å²) in [5.74, 6) is -2.43. The zero-order chi connectivity index (χ0) is 19.9. The molecule has 3 aromatic rings. The van der Waals surface area contributed by atoms with Crippen LogP contribution in [0.1, 0.15) is 23.6 Å². The van der Waals surface area contributed by atoms with Crippen LogP contribution in [0.25, 0.3) is 0 Å². The molecule has 0 fully saturated rings. The summed E-state index contributed by atoms with van der Waals surface area (Å²) in [5, 5.41) is 70.6. The van der Waals surface area contributed by atoms with Crippen molar-refractivity contribution in [1.29, 1.82) is 0 Å². The molecule has 0 amide bonds. The summed E-state index contributed by atoms with van der Waals surface area (Å²) in [6, 6.07) is 9.56. The Balaban J connectivity index is 2.44. The molecule has 0 radical (unpaired) electrons. The van der Waals surface area contributed by atoms with Gasteiger partial charge in [0.15, 0.2) is 0 Å². The molecule has 0 atom stereocenters. The first-order valence-electron chi connectivity index (χ1n) is 7.95. The second kappa shape index (κ2) is 6.21. The van der Waals surface area contributed by atoms with Crippen molar-refractivity contribution in [2.75, 3.05) is 0 Å². The average Bonchev–Trinajstić information content (AvgIpc) is 2.53. The molecule has 0 heterocycles. The van der Waals surface area contributed by atoms with Crippen LogP contribution in [0.5, 0.6) is 40.2 Å². The van der Waals surface area contributed by atoms with Gasteiger partial charge < -0.3 is 35.7 Å². The number of phenolic OH excluding ortho intramolecular Hbond substituents is 7. The molecule has 0 saturated carbocycles. The third kappa shape index (κ3) is 2.89. The maximum atomic E-state index is 10.4. The van der Waals surface area contributed by atoms with Crippen LogP contribution in [-0.2, 0) is 5.41 Å². The fourth-order valence-corrected chi connectivity index (χ4v) is 3.41. The second-order valence-electron chi connectivity index (χ2n) is 6.39. The minimum absolute atomic E-state index is 0.0951. The number of hydrogen-bond donors (Lipinski definition) is 7. The largest absolute Gasteiger partial charge is 0.508 e. The highest BCUT2D eigenvalue weighted by Crippen LogP contribution is 2.52. The zero-order valence-corrected chi connectivity index (χ0v) is 14.2. The van der Waals surface area contributed by atoms with Gasteiger partial charge in [0, 0.05) is 35.4 Å². The summed E-state index contributed by atoms with van der Waals surface area (Å²) in [6.07, 6.45) is 0. The number of phenols is 7. The summed E-state index contributed by atoms with van der Waals surface area (Å²) in [4.78, 5) is 0. The number of rotatable bonds is 3. The van der Waals surface area contributed by atoms with Gasteiger partial charge in [-0.15, -0.1) is 0 Å². The van der Waals surface area contributed by atoms with E-state index in [0.717, 1.165) is 24.3 Å². The van der Waals surface area contributed by atoms with E-state index < -0.39 is 16.9 Å². The molecule has 0 aromatic heterocycles. The third-order valence-electron chi connectivity index (χ3n) is 4.62. The quantitative estimate of drug-likeness (QED) is 0.351. The molecule has 27 heavy (non-hydrogen) atoms. The van der Waals surface area contributed by atoms with Crippen molar-refractivity contribution in [2.24, 2.45) is 0 Å². The van der Waals surface area contributed by atoms with E-state index in [0.29, 0.717) is 0 Å². The van der Waals surface area contributed by atoms with Crippen LogP contribution in [0, 0.1) is 0 Å². The molecular formula is C20H18O7. The Hall–Kier alpha value is -3.74. The Labute approximate surface area is 154 Å². The van der Waals surface area contributed by atoms with E-state index in [1.807, 2.05) is 0 Å². The van der Waals surface area contributed by atoms with Gasteiger partial charge in [0.25, 0.3) is 0 Å². The lowest BCUT2D eigenvalue weighted by atomic mass is 9.69. The van der Waals surface area contributed by atoms with Gasteiger partial charge in [0.2, 0.25) is 0 Å². The fraction of sp³-hybridized carbons (Fsp3) is 0.100. The van der Waals surface area contributed by atoms with Gasteiger partial charge in [0.05, 0.1) is 11.0 Å². The van der Waals surface area contributed by atoms with E-state index in [4.69, 9.17) is 0 Å². The van der Waals surface area contributed by atoms with Crippen molar-refractivity contribution in [1.82, 2.24) is 0 Å². The summed E-state index contributed by atoms with van der Waals surface area (Å²) >= 11 is 0. The SMILES string of the molecule is CC(c1ccc(O)cc1O)(c1ccc(O)cc1O)c1c(O)cc(O)cc1O. The molecule has 0 saturated heterocycles. The van der Waals surface area contributed by atoms with E-state index in [1.165, 1.54) is 31.2 Å². The zero-order valence-electron chi connectivity index (χ0n) is 14.2. The minimum atomic E-state index is -1.52. The Bertz CT molecular complexity index is 952. The summed E-state index contributed by atoms with van der Waals surface area (Å²) in [5.41, 5.74) is -1.31. The molecule has 0 unspecified atom stereocenters. The summed E-state index contributed by atoms with van der Waals surface area (Å²) < 4.78 is 0. The smallest absolute Gasteiger partial charge is 0.127 e. The molecule has 0 aliphatic heterocycles. The number of hydrogen-bond acceptors (Lipinski definition) is 7. The van der Waals surface area contributed by atoms with E-state index in [2.05, 4.69) is 0 Å². The van der Waals surface area contributed by atoms with Crippen molar-refractivity contribution >= 4 is 0 Å². The monoisotopic (exact) mass is 370 g/mol. The molecule has 0 aliphatic rings. The van der Waals surface area contributed by atoms with Crippen LogP contribution in [0.4, 0.5) is 0 Å². The van der Waals surface area contributed by atoms with Crippen molar-refractivity contribution in [3.8, 4) is 40.2 Å². The van der Waals surface area contributed by atoms with E-state index in [-0.39, 0.29) is 45.4 Å². The van der Waals surface area contributed by atoms with Crippen molar-refractivity contribution in [3.05, 3.63) is 65.2 Å². The van der Waals surface area contributed by atoms with E-state index in [1.54, 1.807) is 0 Å². The lowest BCUT2D eigenvalue weighted by Crippen LogP contribution is -2.26. The van der Waals surface area contributed by atoms with Crippen LogP contribution in [-0.4, -0.2) is 35.7 Å². The Morgan fingerprint density at radius 2 is 0.889 bits per heavy atom. The highest BCUT2D eigenvalue weighted by Gasteiger charge is 2.40. The maximum absolute atomic E-state index is 10.4. The molecular weight excluding hydrogens is 352 g/mol. The highest BCUT2D eigenvalue weighted by atomic mass is 16.3. The van der Waals surface area contributed by atoms with Gasteiger partial charge in [-0.25, -0.2) is 0 Å². The van der Waals surface area contributed by atoms with Crippen LogP contribution >= 0.6 is 0 Å². The first-order chi connectivity index (χ1) is 12.6. The summed E-state index contributed by atoms with van der Waals surface area (Å²) in [7, 11) is 0. The van der Waals surface area contributed by atoms with Crippen molar-refractivity contribution in [3.63, 3.8) is 0 Å². The molecule has 3 rings (SSSR count). The van der Waals surface area contributed by atoms with Gasteiger partial charge in [-0.1, -0.05) is 12.1 Å². The molecule has 0 spiro atoms. The van der Waals surface area contributed by atoms with Gasteiger partial charge in [-0.05, 0) is 19.1 Å². The molecule has 7 nitrogen and oxygen atoms in total.